The van der Waals surface area contributed by atoms with Gasteiger partial charge >= 0.3 is 11.9 Å². The maximum Gasteiger partial charge on any atom is 0.341 e. The first-order chi connectivity index (χ1) is 15.2. The molecule has 0 atom stereocenters. The molecule has 0 saturated heterocycles. The Morgan fingerprint density at radius 1 is 1.03 bits per heavy atom. The van der Waals surface area contributed by atoms with Crippen molar-refractivity contribution < 1.29 is 23.9 Å². The van der Waals surface area contributed by atoms with Crippen LogP contribution in [0.3, 0.4) is 0 Å². The fourth-order valence-corrected chi connectivity index (χ4v) is 4.89. The van der Waals surface area contributed by atoms with E-state index >= 15 is 0 Å². The molecular weight excluding hydrogens is 450 g/mol. The summed E-state index contributed by atoms with van der Waals surface area (Å²) in [7, 11) is 0. The van der Waals surface area contributed by atoms with Gasteiger partial charge in [0, 0.05) is 22.7 Å². The first kappa shape index (κ1) is 25.8. The van der Waals surface area contributed by atoms with Crippen LogP contribution in [0, 0.1) is 20.8 Å². The third kappa shape index (κ3) is 6.52. The number of nitrogens with one attached hydrogen (secondary N) is 1. The molecular formula is C22H29N3O5S2. The number of aryl methyl sites for hydroxylation is 3. The molecule has 0 fully saturated rings. The first-order valence-corrected chi connectivity index (χ1v) is 12.4. The zero-order valence-electron chi connectivity index (χ0n) is 19.3. The molecule has 0 bridgehead atoms. The lowest BCUT2D eigenvalue weighted by Crippen LogP contribution is -2.22. The molecule has 1 amide bonds. The maximum atomic E-state index is 12.4. The molecule has 2 aromatic heterocycles. The van der Waals surface area contributed by atoms with Crippen molar-refractivity contribution in [1.82, 2.24) is 9.97 Å². The fraction of sp³-hybridized carbons (Fsp3) is 0.500. The van der Waals surface area contributed by atoms with Crippen molar-refractivity contribution >= 4 is 45.9 Å². The van der Waals surface area contributed by atoms with Gasteiger partial charge in [-0.05, 0) is 57.9 Å². The zero-order chi connectivity index (χ0) is 23.8. The molecule has 174 valence electrons. The molecule has 0 saturated carbocycles. The van der Waals surface area contributed by atoms with Crippen LogP contribution in [0.25, 0.3) is 0 Å². The lowest BCUT2D eigenvalue weighted by atomic mass is 10.1. The summed E-state index contributed by atoms with van der Waals surface area (Å²) in [5.74, 6) is -1.47. The van der Waals surface area contributed by atoms with Crippen molar-refractivity contribution in [3.8, 4) is 0 Å². The minimum absolute atomic E-state index is 0.114. The van der Waals surface area contributed by atoms with Crippen LogP contribution in [-0.4, -0.2) is 47.3 Å². The van der Waals surface area contributed by atoms with Crippen LogP contribution in [0.15, 0.2) is 5.16 Å². The summed E-state index contributed by atoms with van der Waals surface area (Å²) in [5.41, 5.74) is 3.79. The Kier molecular flexibility index (Phi) is 9.64. The number of esters is 2. The number of anilines is 1. The Morgan fingerprint density at radius 3 is 2.25 bits per heavy atom. The Hall–Kier alpha value is -2.46. The Morgan fingerprint density at radius 2 is 1.69 bits per heavy atom. The molecule has 10 heteroatoms. The average molecular weight is 480 g/mol. The largest absolute Gasteiger partial charge is 0.462 e. The predicted octanol–water partition coefficient (Wildman–Crippen LogP) is 4.04. The van der Waals surface area contributed by atoms with E-state index in [9.17, 15) is 14.4 Å². The molecule has 2 heterocycles. The predicted molar refractivity (Wildman–Crippen MR) is 126 cm³/mol. The van der Waals surface area contributed by atoms with Crippen LogP contribution in [0.2, 0.25) is 0 Å². The number of ether oxygens (including phenoxy) is 2. The van der Waals surface area contributed by atoms with E-state index in [1.807, 2.05) is 34.0 Å². The van der Waals surface area contributed by atoms with E-state index in [4.69, 9.17) is 9.47 Å². The molecule has 0 unspecified atom stereocenters. The van der Waals surface area contributed by atoms with Crippen LogP contribution < -0.4 is 5.32 Å². The van der Waals surface area contributed by atoms with Gasteiger partial charge in [-0.2, -0.15) is 0 Å². The highest BCUT2D eigenvalue weighted by molar-refractivity contribution is 7.98. The summed E-state index contributed by atoms with van der Waals surface area (Å²) >= 11 is 2.77. The summed E-state index contributed by atoms with van der Waals surface area (Å²) in [6.07, 6.45) is 3.10. The third-order valence-corrected chi connectivity index (χ3v) is 6.43. The molecule has 0 aliphatic rings. The lowest BCUT2D eigenvalue weighted by molar-refractivity contribution is -0.147. The monoisotopic (exact) mass is 479 g/mol. The molecule has 0 aromatic carbocycles. The smallest absolute Gasteiger partial charge is 0.341 e. The number of amides is 1. The molecule has 0 spiro atoms. The number of rotatable bonds is 10. The topological polar surface area (TPSA) is 107 Å². The SMILES string of the molecule is CCOC(=O)c1c(NC(=O)COC(=O)CCc2c(C)nc(SC)nc2C)sc(C)c1CC. The van der Waals surface area contributed by atoms with Crippen LogP contribution in [-0.2, 0) is 31.9 Å². The highest BCUT2D eigenvalue weighted by Crippen LogP contribution is 2.34. The Balaban J connectivity index is 1.95. The van der Waals surface area contributed by atoms with Gasteiger partial charge in [-0.25, -0.2) is 14.8 Å². The molecule has 0 aliphatic heterocycles. The van der Waals surface area contributed by atoms with Crippen molar-refractivity contribution in [3.05, 3.63) is 33.0 Å². The van der Waals surface area contributed by atoms with Crippen molar-refractivity contribution in [2.45, 2.75) is 59.0 Å². The number of hydrogen-bond donors (Lipinski definition) is 1. The lowest BCUT2D eigenvalue weighted by Gasteiger charge is -2.10. The number of carbonyl (C=O) groups is 3. The van der Waals surface area contributed by atoms with Crippen molar-refractivity contribution in [2.75, 3.05) is 24.8 Å². The van der Waals surface area contributed by atoms with E-state index in [1.165, 1.54) is 23.1 Å². The molecule has 2 rings (SSSR count). The van der Waals surface area contributed by atoms with Crippen molar-refractivity contribution in [2.24, 2.45) is 0 Å². The standard InChI is InChI=1S/C22H29N3O5S2/c1-7-15-14(5)32-20(19(15)21(28)29-8-2)25-17(26)11-30-18(27)10-9-16-12(3)23-22(31-6)24-13(16)4/h7-11H2,1-6H3,(H,25,26). The second-order valence-corrected chi connectivity index (χ2v) is 8.98. The number of carbonyl (C=O) groups excluding carboxylic acids is 3. The number of thioether (sulfide) groups is 1. The highest BCUT2D eigenvalue weighted by atomic mass is 32.2. The Labute approximate surface area is 196 Å². The average Bonchev–Trinajstić information content (AvgIpc) is 3.06. The second-order valence-electron chi connectivity index (χ2n) is 6.98. The summed E-state index contributed by atoms with van der Waals surface area (Å²) in [4.78, 5) is 46.6. The first-order valence-electron chi connectivity index (χ1n) is 10.3. The van der Waals surface area contributed by atoms with Gasteiger partial charge in [-0.3, -0.25) is 9.59 Å². The maximum absolute atomic E-state index is 12.4. The van der Waals surface area contributed by atoms with E-state index < -0.39 is 24.5 Å². The van der Waals surface area contributed by atoms with Gasteiger partial charge in [0.15, 0.2) is 11.8 Å². The minimum Gasteiger partial charge on any atom is -0.462 e. The van der Waals surface area contributed by atoms with E-state index in [0.29, 0.717) is 28.6 Å². The number of hydrogen-bond acceptors (Lipinski definition) is 9. The molecule has 32 heavy (non-hydrogen) atoms. The molecule has 8 nitrogen and oxygen atoms in total. The molecule has 1 N–H and O–H groups in total. The van der Waals surface area contributed by atoms with Gasteiger partial charge in [0.25, 0.3) is 5.91 Å². The molecule has 0 radical (unpaired) electrons. The van der Waals surface area contributed by atoms with E-state index in [1.54, 1.807) is 6.92 Å². The van der Waals surface area contributed by atoms with Gasteiger partial charge in [-0.15, -0.1) is 11.3 Å². The van der Waals surface area contributed by atoms with Crippen LogP contribution in [0.4, 0.5) is 5.00 Å². The molecule has 2 aromatic rings. The van der Waals surface area contributed by atoms with Crippen molar-refractivity contribution in [3.63, 3.8) is 0 Å². The number of aromatic nitrogens is 2. The van der Waals surface area contributed by atoms with Gasteiger partial charge < -0.3 is 14.8 Å². The summed E-state index contributed by atoms with van der Waals surface area (Å²) in [6, 6.07) is 0. The van der Waals surface area contributed by atoms with E-state index in [-0.39, 0.29) is 13.0 Å². The van der Waals surface area contributed by atoms with E-state index in [0.717, 1.165) is 27.4 Å². The van der Waals surface area contributed by atoms with E-state index in [2.05, 4.69) is 15.3 Å². The van der Waals surface area contributed by atoms with Crippen LogP contribution in [0.1, 0.15) is 58.0 Å². The third-order valence-electron chi connectivity index (χ3n) is 4.82. The quantitative estimate of drug-likeness (QED) is 0.309. The minimum atomic E-state index is -0.507. The summed E-state index contributed by atoms with van der Waals surface area (Å²) in [5, 5.41) is 3.79. The normalized spacial score (nSPS) is 10.7. The number of thiophene rings is 1. The van der Waals surface area contributed by atoms with Crippen LogP contribution in [0.5, 0.6) is 0 Å². The highest BCUT2D eigenvalue weighted by Gasteiger charge is 2.23. The van der Waals surface area contributed by atoms with Gasteiger partial charge in [0.2, 0.25) is 0 Å². The van der Waals surface area contributed by atoms with Crippen molar-refractivity contribution in [1.29, 1.82) is 0 Å². The summed E-state index contributed by atoms with van der Waals surface area (Å²) < 4.78 is 10.3. The number of nitrogens with zero attached hydrogens (tertiary/aromatic N) is 2. The Bertz CT molecular complexity index is 981. The van der Waals surface area contributed by atoms with Crippen LogP contribution >= 0.6 is 23.1 Å². The van der Waals surface area contributed by atoms with Gasteiger partial charge in [0.1, 0.15) is 5.00 Å². The fourth-order valence-electron chi connectivity index (χ4n) is 3.28. The van der Waals surface area contributed by atoms with Gasteiger partial charge in [-0.1, -0.05) is 18.7 Å². The summed E-state index contributed by atoms with van der Waals surface area (Å²) in [6.45, 7) is 9.14. The molecule has 0 aliphatic carbocycles. The van der Waals surface area contributed by atoms with Gasteiger partial charge in [0.05, 0.1) is 12.2 Å². The second kappa shape index (κ2) is 12.0. The zero-order valence-corrected chi connectivity index (χ0v) is 20.9.